The van der Waals surface area contributed by atoms with Crippen LogP contribution in [0, 0.1) is 0 Å². The zero-order valence-corrected chi connectivity index (χ0v) is 11.7. The van der Waals surface area contributed by atoms with Crippen molar-refractivity contribution in [3.63, 3.8) is 0 Å². The molecule has 1 aliphatic heterocycles. The minimum atomic E-state index is -3.15. The van der Waals surface area contributed by atoms with E-state index in [-0.39, 0.29) is 5.75 Å². The number of thioether (sulfide) groups is 1. The van der Waals surface area contributed by atoms with E-state index in [1.165, 1.54) is 12.5 Å². The van der Waals surface area contributed by atoms with Gasteiger partial charge < -0.3 is 10.6 Å². The molecule has 1 fully saturated rings. The maximum Gasteiger partial charge on any atom is 0.171 e. The van der Waals surface area contributed by atoms with E-state index < -0.39 is 15.2 Å². The molecule has 1 aromatic rings. The van der Waals surface area contributed by atoms with E-state index in [1.54, 1.807) is 23.6 Å². The summed E-state index contributed by atoms with van der Waals surface area (Å²) < 4.78 is 24.2. The van der Waals surface area contributed by atoms with Crippen molar-refractivity contribution in [3.8, 4) is 0 Å². The van der Waals surface area contributed by atoms with Gasteiger partial charge in [0.15, 0.2) is 15.7 Å². The van der Waals surface area contributed by atoms with Crippen LogP contribution in [0.4, 0.5) is 11.5 Å². The molecule has 18 heavy (non-hydrogen) atoms. The molecule has 2 heterocycles. The highest BCUT2D eigenvalue weighted by atomic mass is 32.2. The van der Waals surface area contributed by atoms with Crippen LogP contribution in [0.1, 0.15) is 6.92 Å². The van der Waals surface area contributed by atoms with Crippen LogP contribution in [0.2, 0.25) is 0 Å². The highest BCUT2D eigenvalue weighted by molar-refractivity contribution is 8.01. The maximum atomic E-state index is 12.1. The second-order valence-corrected chi connectivity index (χ2v) is 7.57. The van der Waals surface area contributed by atoms with E-state index in [4.69, 9.17) is 5.73 Å². The van der Waals surface area contributed by atoms with Gasteiger partial charge in [0.2, 0.25) is 0 Å². The number of nitrogens with zero attached hydrogens (tertiary/aromatic N) is 3. The summed E-state index contributed by atoms with van der Waals surface area (Å²) in [5.41, 5.74) is 6.25. The minimum Gasteiger partial charge on any atom is -0.394 e. The van der Waals surface area contributed by atoms with Crippen LogP contribution in [0.25, 0.3) is 0 Å². The maximum absolute atomic E-state index is 12.1. The van der Waals surface area contributed by atoms with Crippen molar-refractivity contribution in [3.05, 3.63) is 12.5 Å². The lowest BCUT2D eigenvalue weighted by molar-refractivity contribution is 0.579. The Kier molecular flexibility index (Phi) is 3.96. The second kappa shape index (κ2) is 5.31. The van der Waals surface area contributed by atoms with Crippen molar-refractivity contribution >= 4 is 33.1 Å². The van der Waals surface area contributed by atoms with Crippen LogP contribution >= 0.6 is 11.8 Å². The van der Waals surface area contributed by atoms with Gasteiger partial charge in [-0.2, -0.15) is 11.8 Å². The van der Waals surface area contributed by atoms with Gasteiger partial charge in [-0.05, 0) is 0 Å². The summed E-state index contributed by atoms with van der Waals surface area (Å²) in [5, 5.41) is -0.543. The number of hydrogen-bond donors (Lipinski definition) is 1. The molecule has 2 rings (SSSR count). The van der Waals surface area contributed by atoms with Gasteiger partial charge in [0, 0.05) is 23.8 Å². The minimum absolute atomic E-state index is 0.125. The molecule has 0 aromatic carbocycles. The fraction of sp³-hybridized carbons (Fsp3) is 0.600. The number of nitrogens with two attached hydrogens (primary N) is 1. The number of aromatic nitrogens is 2. The van der Waals surface area contributed by atoms with E-state index in [1.807, 2.05) is 0 Å². The molecule has 0 saturated carbocycles. The standard InChI is InChI=1S/C10H16N4O2S2/c1-2-18(15,16)9-6-17-4-3-14(9)10-8(11)5-12-7-13-10/h5,7,9H,2-4,6,11H2,1H3. The first-order valence-electron chi connectivity index (χ1n) is 5.67. The molecule has 2 N–H and O–H groups in total. The largest absolute Gasteiger partial charge is 0.394 e. The molecule has 8 heteroatoms. The molecule has 1 atom stereocenters. The van der Waals surface area contributed by atoms with Crippen LogP contribution in [0.5, 0.6) is 0 Å². The van der Waals surface area contributed by atoms with Crippen LogP contribution < -0.4 is 10.6 Å². The van der Waals surface area contributed by atoms with Crippen LogP contribution in [-0.4, -0.2) is 47.6 Å². The lowest BCUT2D eigenvalue weighted by Crippen LogP contribution is -2.48. The van der Waals surface area contributed by atoms with Crippen LogP contribution in [0.3, 0.4) is 0 Å². The van der Waals surface area contributed by atoms with Gasteiger partial charge >= 0.3 is 0 Å². The Morgan fingerprint density at radius 3 is 3.06 bits per heavy atom. The third kappa shape index (κ3) is 2.54. The fourth-order valence-corrected chi connectivity index (χ4v) is 4.86. The average Bonchev–Trinajstić information content (AvgIpc) is 2.39. The third-order valence-corrected chi connectivity index (χ3v) is 6.18. The molecule has 0 spiro atoms. The van der Waals surface area contributed by atoms with E-state index in [0.717, 1.165) is 5.75 Å². The molecule has 0 amide bonds. The van der Waals surface area contributed by atoms with Gasteiger partial charge in [0.25, 0.3) is 0 Å². The number of rotatable bonds is 3. The molecule has 1 aliphatic rings. The normalized spacial score (nSPS) is 20.9. The highest BCUT2D eigenvalue weighted by Crippen LogP contribution is 2.28. The van der Waals surface area contributed by atoms with E-state index in [2.05, 4.69) is 9.97 Å². The molecule has 100 valence electrons. The molecule has 1 aromatic heterocycles. The molecule has 1 saturated heterocycles. The van der Waals surface area contributed by atoms with Crippen molar-refractivity contribution in [1.82, 2.24) is 9.97 Å². The number of nitrogen functional groups attached to an aromatic ring is 1. The Morgan fingerprint density at radius 1 is 1.61 bits per heavy atom. The van der Waals surface area contributed by atoms with Gasteiger partial charge in [-0.1, -0.05) is 6.92 Å². The van der Waals surface area contributed by atoms with Crippen LogP contribution in [-0.2, 0) is 9.84 Å². The Labute approximate surface area is 111 Å². The molecule has 0 bridgehead atoms. The molecule has 0 radical (unpaired) electrons. The summed E-state index contributed by atoms with van der Waals surface area (Å²) in [6.07, 6.45) is 2.89. The van der Waals surface area contributed by atoms with Crippen molar-refractivity contribution in [2.24, 2.45) is 0 Å². The van der Waals surface area contributed by atoms with E-state index >= 15 is 0 Å². The first-order chi connectivity index (χ1) is 8.56. The topological polar surface area (TPSA) is 89.2 Å². The molecular formula is C10H16N4O2S2. The lowest BCUT2D eigenvalue weighted by atomic mass is 10.4. The van der Waals surface area contributed by atoms with Crippen molar-refractivity contribution in [2.75, 3.05) is 34.4 Å². The fourth-order valence-electron chi connectivity index (χ4n) is 1.89. The van der Waals surface area contributed by atoms with E-state index in [0.29, 0.717) is 23.8 Å². The van der Waals surface area contributed by atoms with Gasteiger partial charge in [-0.15, -0.1) is 0 Å². The van der Waals surface area contributed by atoms with Crippen LogP contribution in [0.15, 0.2) is 12.5 Å². The first kappa shape index (κ1) is 13.4. The Balaban J connectivity index is 2.38. The van der Waals surface area contributed by atoms with Gasteiger partial charge in [-0.25, -0.2) is 18.4 Å². The van der Waals surface area contributed by atoms with Gasteiger partial charge in [-0.3, -0.25) is 0 Å². The van der Waals surface area contributed by atoms with Gasteiger partial charge in [0.1, 0.15) is 11.7 Å². The van der Waals surface area contributed by atoms with Crippen molar-refractivity contribution in [1.29, 1.82) is 0 Å². The molecular weight excluding hydrogens is 272 g/mol. The summed E-state index contributed by atoms with van der Waals surface area (Å²) in [6.45, 7) is 2.30. The second-order valence-electron chi connectivity index (χ2n) is 3.98. The highest BCUT2D eigenvalue weighted by Gasteiger charge is 2.34. The van der Waals surface area contributed by atoms with Crippen molar-refractivity contribution in [2.45, 2.75) is 12.3 Å². The third-order valence-electron chi connectivity index (χ3n) is 2.89. The summed E-state index contributed by atoms with van der Waals surface area (Å²) >= 11 is 1.64. The number of anilines is 2. The predicted octanol–water partition coefficient (Wildman–Crippen LogP) is 0.373. The quantitative estimate of drug-likeness (QED) is 0.859. The van der Waals surface area contributed by atoms with E-state index in [9.17, 15) is 8.42 Å². The Hall–Kier alpha value is -1.02. The molecule has 1 unspecified atom stereocenters. The zero-order chi connectivity index (χ0) is 13.2. The molecule has 0 aliphatic carbocycles. The lowest BCUT2D eigenvalue weighted by Gasteiger charge is -2.35. The average molecular weight is 288 g/mol. The summed E-state index contributed by atoms with van der Waals surface area (Å²) in [5.74, 6) is 2.07. The smallest absolute Gasteiger partial charge is 0.171 e. The number of sulfone groups is 1. The summed E-state index contributed by atoms with van der Waals surface area (Å²) in [6, 6.07) is 0. The van der Waals surface area contributed by atoms with Gasteiger partial charge in [0.05, 0.1) is 11.9 Å². The Bertz CT molecular complexity index is 520. The van der Waals surface area contributed by atoms with Crippen molar-refractivity contribution < 1.29 is 8.42 Å². The summed E-state index contributed by atoms with van der Waals surface area (Å²) in [4.78, 5) is 9.73. The predicted molar refractivity (Wildman–Crippen MR) is 74.4 cm³/mol. The zero-order valence-electron chi connectivity index (χ0n) is 10.1. The number of hydrogen-bond acceptors (Lipinski definition) is 7. The Morgan fingerprint density at radius 2 is 2.39 bits per heavy atom. The SMILES string of the molecule is CCS(=O)(=O)C1CSCCN1c1ncncc1N. The monoisotopic (exact) mass is 288 g/mol. The first-order valence-corrected chi connectivity index (χ1v) is 8.54. The molecule has 6 nitrogen and oxygen atoms in total. The summed E-state index contributed by atoms with van der Waals surface area (Å²) in [7, 11) is -3.15.